The molecule has 0 atom stereocenters. The molecule has 0 radical (unpaired) electrons. The zero-order valence-electron chi connectivity index (χ0n) is 13.2. The lowest BCUT2D eigenvalue weighted by molar-refractivity contribution is -0.121. The number of carbonyl (C=O) groups excluding carboxylic acids is 1. The molecule has 1 aliphatic rings. The summed E-state index contributed by atoms with van der Waals surface area (Å²) in [4.78, 5) is 18.8. The summed E-state index contributed by atoms with van der Waals surface area (Å²) < 4.78 is 0. The van der Waals surface area contributed by atoms with Crippen LogP contribution in [0.25, 0.3) is 11.4 Å². The largest absolute Gasteiger partial charge is 0.326 e. The molecule has 1 aromatic carbocycles. The van der Waals surface area contributed by atoms with E-state index in [4.69, 9.17) is 5.73 Å². The number of anilines is 1. The van der Waals surface area contributed by atoms with E-state index in [0.29, 0.717) is 18.2 Å². The fourth-order valence-corrected chi connectivity index (χ4v) is 2.73. The van der Waals surface area contributed by atoms with Crippen LogP contribution >= 0.6 is 0 Å². The molecule has 0 unspecified atom stereocenters. The molecule has 1 saturated heterocycles. The highest BCUT2D eigenvalue weighted by Gasteiger charge is 2.23. The smallest absolute Gasteiger partial charge is 0.227 e. The SMILES string of the molecule is CN1CCC(C(=O)Nc2ccc(-c3n[nH]c(CN)n3)cc2)CC1. The van der Waals surface area contributed by atoms with Crippen LogP contribution in [-0.4, -0.2) is 46.1 Å². The number of hydrogen-bond donors (Lipinski definition) is 3. The topological polar surface area (TPSA) is 99.9 Å². The number of likely N-dealkylation sites (tertiary alicyclic amines) is 1. The van der Waals surface area contributed by atoms with E-state index in [2.05, 4.69) is 32.4 Å². The van der Waals surface area contributed by atoms with Crippen LogP contribution in [0.3, 0.4) is 0 Å². The van der Waals surface area contributed by atoms with E-state index >= 15 is 0 Å². The molecule has 2 heterocycles. The summed E-state index contributed by atoms with van der Waals surface area (Å²) in [6.45, 7) is 2.29. The molecule has 7 heteroatoms. The first-order chi connectivity index (χ1) is 11.2. The first kappa shape index (κ1) is 15.6. The third-order valence-electron chi connectivity index (χ3n) is 4.23. The van der Waals surface area contributed by atoms with Crippen LogP contribution in [0.1, 0.15) is 18.7 Å². The van der Waals surface area contributed by atoms with Gasteiger partial charge >= 0.3 is 0 Å². The predicted octanol–water partition coefficient (Wildman–Crippen LogP) is 1.21. The lowest BCUT2D eigenvalue weighted by atomic mass is 9.96. The monoisotopic (exact) mass is 314 g/mol. The third kappa shape index (κ3) is 3.75. The number of aromatic amines is 1. The van der Waals surface area contributed by atoms with Crippen molar-refractivity contribution in [3.63, 3.8) is 0 Å². The molecule has 0 aliphatic carbocycles. The van der Waals surface area contributed by atoms with Crippen molar-refractivity contribution in [2.45, 2.75) is 19.4 Å². The molecule has 1 fully saturated rings. The average molecular weight is 314 g/mol. The first-order valence-corrected chi connectivity index (χ1v) is 7.87. The number of nitrogens with one attached hydrogen (secondary N) is 2. The maximum atomic E-state index is 12.3. The Hall–Kier alpha value is -2.25. The molecule has 4 N–H and O–H groups in total. The van der Waals surface area contributed by atoms with Crippen LogP contribution in [-0.2, 0) is 11.3 Å². The second kappa shape index (κ2) is 6.89. The van der Waals surface area contributed by atoms with E-state index in [-0.39, 0.29) is 11.8 Å². The number of nitrogens with zero attached hydrogens (tertiary/aromatic N) is 3. The second-order valence-electron chi connectivity index (χ2n) is 5.95. The van der Waals surface area contributed by atoms with Crippen LogP contribution in [0.2, 0.25) is 0 Å². The van der Waals surface area contributed by atoms with Gasteiger partial charge in [-0.1, -0.05) is 0 Å². The number of hydrogen-bond acceptors (Lipinski definition) is 5. The Labute approximate surface area is 135 Å². The summed E-state index contributed by atoms with van der Waals surface area (Å²) in [5.74, 6) is 1.47. The minimum atomic E-state index is 0.103. The van der Waals surface area contributed by atoms with E-state index in [1.807, 2.05) is 24.3 Å². The van der Waals surface area contributed by atoms with Gasteiger partial charge in [0.15, 0.2) is 5.82 Å². The number of amides is 1. The van der Waals surface area contributed by atoms with Crippen molar-refractivity contribution in [2.24, 2.45) is 11.7 Å². The fraction of sp³-hybridized carbons (Fsp3) is 0.438. The number of aromatic nitrogens is 3. The van der Waals surface area contributed by atoms with Gasteiger partial charge < -0.3 is 16.0 Å². The number of nitrogens with two attached hydrogens (primary N) is 1. The van der Waals surface area contributed by atoms with Crippen LogP contribution < -0.4 is 11.1 Å². The zero-order valence-corrected chi connectivity index (χ0v) is 13.2. The van der Waals surface area contributed by atoms with Crippen molar-refractivity contribution in [1.82, 2.24) is 20.1 Å². The van der Waals surface area contributed by atoms with Gasteiger partial charge in [0.2, 0.25) is 5.91 Å². The van der Waals surface area contributed by atoms with E-state index in [1.165, 1.54) is 0 Å². The van der Waals surface area contributed by atoms with Crippen molar-refractivity contribution < 1.29 is 4.79 Å². The molecule has 1 aliphatic heterocycles. The summed E-state index contributed by atoms with van der Waals surface area (Å²) in [7, 11) is 2.09. The van der Waals surface area contributed by atoms with Crippen LogP contribution in [0.4, 0.5) is 5.69 Å². The van der Waals surface area contributed by atoms with Crippen molar-refractivity contribution >= 4 is 11.6 Å². The molecular weight excluding hydrogens is 292 g/mol. The van der Waals surface area contributed by atoms with Crippen molar-refractivity contribution in [3.05, 3.63) is 30.1 Å². The molecule has 3 rings (SSSR count). The lowest BCUT2D eigenvalue weighted by Crippen LogP contribution is -2.35. The number of benzene rings is 1. The summed E-state index contributed by atoms with van der Waals surface area (Å²) in [6, 6.07) is 7.54. The molecule has 23 heavy (non-hydrogen) atoms. The number of piperidine rings is 1. The second-order valence-corrected chi connectivity index (χ2v) is 5.95. The Morgan fingerprint density at radius 2 is 2.04 bits per heavy atom. The standard InChI is InChI=1S/C16H22N6O/c1-22-8-6-12(7-9-22)16(23)18-13-4-2-11(3-5-13)15-19-14(10-17)20-21-15/h2-5,12H,6-10,17H2,1H3,(H,18,23)(H,19,20,21). The molecule has 1 amide bonds. The Morgan fingerprint density at radius 3 is 2.65 bits per heavy atom. The average Bonchev–Trinajstić information content (AvgIpc) is 3.05. The molecular formula is C16H22N6O. The van der Waals surface area contributed by atoms with Crippen molar-refractivity contribution in [2.75, 3.05) is 25.5 Å². The minimum absolute atomic E-state index is 0.103. The van der Waals surface area contributed by atoms with Gasteiger partial charge in [-0.25, -0.2) is 4.98 Å². The Kier molecular flexibility index (Phi) is 4.68. The highest BCUT2D eigenvalue weighted by atomic mass is 16.1. The number of rotatable bonds is 4. The molecule has 1 aromatic heterocycles. The summed E-state index contributed by atoms with van der Waals surface area (Å²) in [5, 5.41) is 9.90. The molecule has 2 aromatic rings. The highest BCUT2D eigenvalue weighted by Crippen LogP contribution is 2.21. The first-order valence-electron chi connectivity index (χ1n) is 7.87. The van der Waals surface area contributed by atoms with Crippen LogP contribution in [0.5, 0.6) is 0 Å². The summed E-state index contributed by atoms with van der Waals surface area (Å²) in [6.07, 6.45) is 1.83. The normalized spacial score (nSPS) is 16.4. The van der Waals surface area contributed by atoms with Gasteiger partial charge in [-0.05, 0) is 57.2 Å². The van der Waals surface area contributed by atoms with E-state index in [9.17, 15) is 4.79 Å². The van der Waals surface area contributed by atoms with Crippen molar-refractivity contribution in [3.8, 4) is 11.4 Å². The van der Waals surface area contributed by atoms with Gasteiger partial charge in [0, 0.05) is 17.2 Å². The van der Waals surface area contributed by atoms with Gasteiger partial charge in [-0.3, -0.25) is 9.89 Å². The molecule has 0 spiro atoms. The third-order valence-corrected chi connectivity index (χ3v) is 4.23. The van der Waals surface area contributed by atoms with Gasteiger partial charge in [0.1, 0.15) is 5.82 Å². The predicted molar refractivity (Wildman–Crippen MR) is 88.6 cm³/mol. The fourth-order valence-electron chi connectivity index (χ4n) is 2.73. The van der Waals surface area contributed by atoms with Gasteiger partial charge in [0.05, 0.1) is 6.54 Å². The quantitative estimate of drug-likeness (QED) is 0.787. The van der Waals surface area contributed by atoms with E-state index < -0.39 is 0 Å². The van der Waals surface area contributed by atoms with E-state index in [0.717, 1.165) is 37.2 Å². The molecule has 7 nitrogen and oxygen atoms in total. The van der Waals surface area contributed by atoms with Crippen LogP contribution in [0, 0.1) is 5.92 Å². The highest BCUT2D eigenvalue weighted by molar-refractivity contribution is 5.92. The number of H-pyrrole nitrogens is 1. The Bertz CT molecular complexity index is 657. The van der Waals surface area contributed by atoms with Gasteiger partial charge in [0.25, 0.3) is 0 Å². The Morgan fingerprint density at radius 1 is 1.35 bits per heavy atom. The number of carbonyl (C=O) groups is 1. The van der Waals surface area contributed by atoms with E-state index in [1.54, 1.807) is 0 Å². The van der Waals surface area contributed by atoms with Crippen LogP contribution in [0.15, 0.2) is 24.3 Å². The molecule has 0 saturated carbocycles. The molecule has 0 bridgehead atoms. The minimum Gasteiger partial charge on any atom is -0.326 e. The molecule has 122 valence electrons. The summed E-state index contributed by atoms with van der Waals surface area (Å²) >= 11 is 0. The lowest BCUT2D eigenvalue weighted by Gasteiger charge is -2.28. The van der Waals surface area contributed by atoms with Crippen molar-refractivity contribution in [1.29, 1.82) is 0 Å². The maximum absolute atomic E-state index is 12.3. The summed E-state index contributed by atoms with van der Waals surface area (Å²) in [5.41, 5.74) is 7.20. The maximum Gasteiger partial charge on any atom is 0.227 e. The van der Waals surface area contributed by atoms with Gasteiger partial charge in [-0.15, -0.1) is 0 Å². The Balaban J connectivity index is 1.62. The van der Waals surface area contributed by atoms with Gasteiger partial charge in [-0.2, -0.15) is 5.10 Å². The zero-order chi connectivity index (χ0) is 16.2.